The highest BCUT2D eigenvalue weighted by Gasteiger charge is 2.13. The number of fused-ring (bicyclic) bond motifs is 1. The molecule has 10 nitrogen and oxygen atoms in total. The lowest BCUT2D eigenvalue weighted by Crippen LogP contribution is -2.14. The molecule has 0 aliphatic rings. The molecule has 0 fully saturated rings. The quantitative estimate of drug-likeness (QED) is 0.344. The Balaban J connectivity index is 2.21. The number of carbonyl (C=O) groups excluding carboxylic acids is 1. The maximum atomic E-state index is 11.0. The summed E-state index contributed by atoms with van der Waals surface area (Å²) in [4.78, 5) is 19.3. The smallest absolute Gasteiger partial charge is 0.269 e. The standard InChI is InChI=1S/C9H9N9O/c10-6(19)5-1-2-18(17-5)8-4-3-12-16-7(4)13-9(14-8)15-11/h1-3H,11H2,(H2,10,19)(H2,12,13,14,15,16). The maximum absolute atomic E-state index is 11.0. The van der Waals surface area contributed by atoms with Crippen LogP contribution in [0.3, 0.4) is 0 Å². The number of nitrogen functional groups attached to an aromatic ring is 1. The van der Waals surface area contributed by atoms with E-state index in [2.05, 4.69) is 30.7 Å². The van der Waals surface area contributed by atoms with Crippen molar-refractivity contribution < 1.29 is 4.79 Å². The van der Waals surface area contributed by atoms with Crippen molar-refractivity contribution >= 4 is 22.9 Å². The zero-order valence-corrected chi connectivity index (χ0v) is 9.53. The zero-order valence-electron chi connectivity index (χ0n) is 9.53. The minimum Gasteiger partial charge on any atom is -0.364 e. The van der Waals surface area contributed by atoms with E-state index in [9.17, 15) is 4.79 Å². The summed E-state index contributed by atoms with van der Waals surface area (Å²) in [5, 5.41) is 11.2. The van der Waals surface area contributed by atoms with Crippen molar-refractivity contribution in [1.82, 2.24) is 29.9 Å². The van der Waals surface area contributed by atoms with Crippen LogP contribution in [0.4, 0.5) is 5.95 Å². The van der Waals surface area contributed by atoms with Gasteiger partial charge in [-0.05, 0) is 6.07 Å². The molecule has 0 radical (unpaired) electrons. The first kappa shape index (κ1) is 11.1. The van der Waals surface area contributed by atoms with Gasteiger partial charge in [0.2, 0.25) is 5.95 Å². The van der Waals surface area contributed by atoms with Gasteiger partial charge >= 0.3 is 0 Å². The van der Waals surface area contributed by atoms with Crippen LogP contribution in [0.1, 0.15) is 10.5 Å². The van der Waals surface area contributed by atoms with Crippen molar-refractivity contribution in [2.45, 2.75) is 0 Å². The molecule has 0 aliphatic carbocycles. The molecule has 19 heavy (non-hydrogen) atoms. The molecule has 10 heteroatoms. The number of hydrazine groups is 1. The second-order valence-corrected chi connectivity index (χ2v) is 3.66. The van der Waals surface area contributed by atoms with Gasteiger partial charge in [-0.2, -0.15) is 20.2 Å². The summed E-state index contributed by atoms with van der Waals surface area (Å²) in [6.07, 6.45) is 3.12. The second kappa shape index (κ2) is 4.03. The van der Waals surface area contributed by atoms with Crippen molar-refractivity contribution in [2.24, 2.45) is 11.6 Å². The van der Waals surface area contributed by atoms with E-state index in [1.807, 2.05) is 0 Å². The number of rotatable bonds is 3. The lowest BCUT2D eigenvalue weighted by Gasteiger charge is -2.04. The van der Waals surface area contributed by atoms with Gasteiger partial charge in [0.1, 0.15) is 5.69 Å². The van der Waals surface area contributed by atoms with Crippen molar-refractivity contribution in [1.29, 1.82) is 0 Å². The number of nitrogens with two attached hydrogens (primary N) is 2. The Morgan fingerprint density at radius 2 is 2.26 bits per heavy atom. The summed E-state index contributed by atoms with van der Waals surface area (Å²) in [6.45, 7) is 0. The number of carbonyl (C=O) groups is 1. The Morgan fingerprint density at radius 1 is 1.42 bits per heavy atom. The number of hydrogen-bond acceptors (Lipinski definition) is 7. The van der Waals surface area contributed by atoms with Gasteiger partial charge in [0.15, 0.2) is 11.5 Å². The number of anilines is 1. The number of hydrogen-bond donors (Lipinski definition) is 4. The maximum Gasteiger partial charge on any atom is 0.269 e. The normalized spacial score (nSPS) is 10.8. The predicted octanol–water partition coefficient (Wildman–Crippen LogP) is -1.08. The Bertz CT molecular complexity index is 758. The van der Waals surface area contributed by atoms with Gasteiger partial charge in [-0.15, -0.1) is 0 Å². The number of aromatic nitrogens is 6. The largest absolute Gasteiger partial charge is 0.364 e. The first-order valence-electron chi connectivity index (χ1n) is 5.22. The van der Waals surface area contributed by atoms with Crippen LogP contribution in [0.15, 0.2) is 18.5 Å². The summed E-state index contributed by atoms with van der Waals surface area (Å²) in [5.41, 5.74) is 8.13. The Morgan fingerprint density at radius 3 is 2.95 bits per heavy atom. The topological polar surface area (TPSA) is 153 Å². The van der Waals surface area contributed by atoms with Crippen molar-refractivity contribution in [2.75, 3.05) is 5.43 Å². The lowest BCUT2D eigenvalue weighted by atomic mass is 10.4. The average molecular weight is 259 g/mol. The summed E-state index contributed by atoms with van der Waals surface area (Å²) in [5.74, 6) is 5.31. The molecule has 0 spiro atoms. The minimum atomic E-state index is -0.617. The fourth-order valence-corrected chi connectivity index (χ4v) is 1.63. The van der Waals surface area contributed by atoms with Gasteiger partial charge in [0.05, 0.1) is 11.6 Å². The first-order valence-corrected chi connectivity index (χ1v) is 5.22. The number of nitrogens with one attached hydrogen (secondary N) is 2. The highest BCUT2D eigenvalue weighted by Crippen LogP contribution is 2.18. The lowest BCUT2D eigenvalue weighted by molar-refractivity contribution is 0.0995. The van der Waals surface area contributed by atoms with Gasteiger partial charge < -0.3 is 5.73 Å². The minimum absolute atomic E-state index is 0.137. The summed E-state index contributed by atoms with van der Waals surface area (Å²) in [6, 6.07) is 1.49. The highest BCUT2D eigenvalue weighted by molar-refractivity contribution is 5.90. The van der Waals surface area contributed by atoms with Gasteiger partial charge in [0, 0.05) is 6.20 Å². The van der Waals surface area contributed by atoms with Crippen LogP contribution in [0, 0.1) is 0 Å². The van der Waals surface area contributed by atoms with E-state index in [4.69, 9.17) is 11.6 Å². The van der Waals surface area contributed by atoms with Crippen LogP contribution in [-0.2, 0) is 0 Å². The fourth-order valence-electron chi connectivity index (χ4n) is 1.63. The highest BCUT2D eigenvalue weighted by atomic mass is 16.1. The van der Waals surface area contributed by atoms with Gasteiger partial charge in [-0.3, -0.25) is 15.3 Å². The van der Waals surface area contributed by atoms with Crippen LogP contribution in [-0.4, -0.2) is 35.9 Å². The molecule has 0 saturated heterocycles. The molecule has 3 rings (SSSR count). The van der Waals surface area contributed by atoms with Crippen LogP contribution < -0.4 is 17.0 Å². The number of amides is 1. The first-order chi connectivity index (χ1) is 9.19. The number of aromatic amines is 1. The van der Waals surface area contributed by atoms with E-state index in [-0.39, 0.29) is 11.6 Å². The van der Waals surface area contributed by atoms with Gasteiger partial charge in [0.25, 0.3) is 5.91 Å². The Hall–Kier alpha value is -3.01. The molecule has 3 aromatic rings. The Labute approximate surface area is 105 Å². The summed E-state index contributed by atoms with van der Waals surface area (Å²) in [7, 11) is 0. The molecular formula is C9H9N9O. The molecule has 0 bridgehead atoms. The molecular weight excluding hydrogens is 250 g/mol. The predicted molar refractivity (Wildman–Crippen MR) is 65.1 cm³/mol. The van der Waals surface area contributed by atoms with E-state index in [0.717, 1.165) is 0 Å². The van der Waals surface area contributed by atoms with E-state index < -0.39 is 5.91 Å². The molecule has 96 valence electrons. The van der Waals surface area contributed by atoms with Gasteiger partial charge in [-0.1, -0.05) is 0 Å². The molecule has 3 heterocycles. The molecule has 1 amide bonds. The second-order valence-electron chi connectivity index (χ2n) is 3.66. The van der Waals surface area contributed by atoms with E-state index in [1.54, 1.807) is 12.4 Å². The van der Waals surface area contributed by atoms with Crippen molar-refractivity contribution in [3.63, 3.8) is 0 Å². The third-order valence-electron chi connectivity index (χ3n) is 2.48. The Kier molecular flexibility index (Phi) is 2.35. The molecule has 6 N–H and O–H groups in total. The number of H-pyrrole nitrogens is 1. The number of primary amides is 1. The van der Waals surface area contributed by atoms with Crippen molar-refractivity contribution in [3.8, 4) is 5.82 Å². The SMILES string of the molecule is NNc1nc(-n2ccc(C(N)=O)n2)c2cn[nH]c2n1. The summed E-state index contributed by atoms with van der Waals surface area (Å²) >= 11 is 0. The molecule has 0 aromatic carbocycles. The van der Waals surface area contributed by atoms with E-state index >= 15 is 0 Å². The molecule has 0 unspecified atom stereocenters. The van der Waals surface area contributed by atoms with Gasteiger partial charge in [-0.25, -0.2) is 10.5 Å². The third-order valence-corrected chi connectivity index (χ3v) is 2.48. The van der Waals surface area contributed by atoms with Crippen LogP contribution in [0.2, 0.25) is 0 Å². The van der Waals surface area contributed by atoms with Crippen LogP contribution in [0.25, 0.3) is 16.9 Å². The summed E-state index contributed by atoms with van der Waals surface area (Å²) < 4.78 is 1.40. The van der Waals surface area contributed by atoms with Crippen LogP contribution in [0.5, 0.6) is 0 Å². The molecule has 3 aromatic heterocycles. The monoisotopic (exact) mass is 259 g/mol. The van der Waals surface area contributed by atoms with Crippen molar-refractivity contribution in [3.05, 3.63) is 24.2 Å². The average Bonchev–Trinajstić information content (AvgIpc) is 3.06. The molecule has 0 atom stereocenters. The zero-order chi connectivity index (χ0) is 13.4. The fraction of sp³-hybridized carbons (Fsp3) is 0. The van der Waals surface area contributed by atoms with E-state index in [0.29, 0.717) is 16.9 Å². The van der Waals surface area contributed by atoms with E-state index in [1.165, 1.54) is 10.7 Å². The van der Waals surface area contributed by atoms with Crippen LogP contribution >= 0.6 is 0 Å². The molecule has 0 saturated carbocycles. The third kappa shape index (κ3) is 1.75. The number of nitrogens with zero attached hydrogens (tertiary/aromatic N) is 5. The molecule has 0 aliphatic heterocycles.